The summed E-state index contributed by atoms with van der Waals surface area (Å²) < 4.78 is 3.94. The van der Waals surface area contributed by atoms with E-state index in [9.17, 15) is 4.79 Å². The number of hydrogen-bond donors (Lipinski definition) is 1. The van der Waals surface area contributed by atoms with Crippen LogP contribution in [0.2, 0.25) is 0 Å². The van der Waals surface area contributed by atoms with Crippen LogP contribution >= 0.6 is 0 Å². The summed E-state index contributed by atoms with van der Waals surface area (Å²) in [6.45, 7) is 1.15. The Labute approximate surface area is 144 Å². The summed E-state index contributed by atoms with van der Waals surface area (Å²) in [6, 6.07) is 13.7. The molecular weight excluding hydrogens is 316 g/mol. The second-order valence-electron chi connectivity index (χ2n) is 5.82. The molecule has 0 saturated carbocycles. The number of rotatable bonds is 6. The number of carbonyl (C=O) groups is 1. The summed E-state index contributed by atoms with van der Waals surface area (Å²) in [5.74, 6) is 0.864. The van der Waals surface area contributed by atoms with Crippen LogP contribution in [-0.4, -0.2) is 36.6 Å². The molecule has 4 aromatic rings. The van der Waals surface area contributed by atoms with Gasteiger partial charge in [-0.2, -0.15) is 0 Å². The molecule has 0 unspecified atom stereocenters. The normalized spacial score (nSPS) is 11.2. The molecule has 7 nitrogen and oxygen atoms in total. The molecule has 0 aliphatic rings. The van der Waals surface area contributed by atoms with E-state index >= 15 is 0 Å². The average molecular weight is 334 g/mol. The van der Waals surface area contributed by atoms with Crippen molar-refractivity contribution >= 4 is 22.6 Å². The van der Waals surface area contributed by atoms with Crippen LogP contribution in [0.5, 0.6) is 0 Å². The van der Waals surface area contributed by atoms with Crippen molar-refractivity contribution in [3.8, 4) is 0 Å². The minimum Gasteiger partial charge on any atom is -0.356 e. The number of amides is 1. The maximum absolute atomic E-state index is 12.1. The van der Waals surface area contributed by atoms with Gasteiger partial charge in [-0.25, -0.2) is 4.98 Å². The molecule has 1 amide bonds. The molecule has 3 aromatic heterocycles. The summed E-state index contributed by atoms with van der Waals surface area (Å²) in [7, 11) is 0. The number of nitrogens with one attached hydrogen (secondary N) is 1. The molecule has 25 heavy (non-hydrogen) atoms. The summed E-state index contributed by atoms with van der Waals surface area (Å²) in [4.78, 5) is 16.4. The van der Waals surface area contributed by atoms with Crippen molar-refractivity contribution in [3.63, 3.8) is 0 Å². The smallest absolute Gasteiger partial charge is 0.221 e. The van der Waals surface area contributed by atoms with E-state index in [-0.39, 0.29) is 5.91 Å². The van der Waals surface area contributed by atoms with Crippen molar-refractivity contribution in [1.29, 1.82) is 0 Å². The number of fused-ring (bicyclic) bond motifs is 2. The Morgan fingerprint density at radius 1 is 1.08 bits per heavy atom. The Kier molecular flexibility index (Phi) is 4.12. The van der Waals surface area contributed by atoms with Crippen molar-refractivity contribution in [2.24, 2.45) is 0 Å². The van der Waals surface area contributed by atoms with Gasteiger partial charge in [0.25, 0.3) is 0 Å². The fourth-order valence-corrected chi connectivity index (χ4v) is 2.87. The first-order valence-electron chi connectivity index (χ1n) is 8.26. The van der Waals surface area contributed by atoms with Crippen LogP contribution < -0.4 is 5.32 Å². The van der Waals surface area contributed by atoms with Crippen LogP contribution in [-0.2, 0) is 17.8 Å². The molecule has 0 fully saturated rings. The topological polar surface area (TPSA) is 77.1 Å². The number of aromatic nitrogens is 5. The highest BCUT2D eigenvalue weighted by Crippen LogP contribution is 2.12. The molecule has 0 bridgehead atoms. The largest absolute Gasteiger partial charge is 0.356 e. The Morgan fingerprint density at radius 2 is 1.96 bits per heavy atom. The molecule has 7 heteroatoms. The van der Waals surface area contributed by atoms with Gasteiger partial charge in [0, 0.05) is 32.1 Å². The fraction of sp³-hybridized carbons (Fsp3) is 0.222. The molecule has 0 atom stereocenters. The predicted octanol–water partition coefficient (Wildman–Crippen LogP) is 1.83. The first-order chi connectivity index (χ1) is 12.3. The number of aryl methyl sites for hydroxylation is 1. The van der Waals surface area contributed by atoms with Gasteiger partial charge in [0.1, 0.15) is 5.82 Å². The highest BCUT2D eigenvalue weighted by molar-refractivity contribution is 5.77. The summed E-state index contributed by atoms with van der Waals surface area (Å²) in [6.07, 6.45) is 4.77. The molecule has 1 N–H and O–H groups in total. The molecule has 1 aromatic carbocycles. The zero-order valence-corrected chi connectivity index (χ0v) is 13.7. The Balaban J connectivity index is 1.29. The fourth-order valence-electron chi connectivity index (χ4n) is 2.87. The molecule has 0 spiro atoms. The van der Waals surface area contributed by atoms with E-state index in [4.69, 9.17) is 0 Å². The van der Waals surface area contributed by atoms with E-state index in [0.717, 1.165) is 22.5 Å². The number of pyridine rings is 1. The minimum atomic E-state index is 0.0200. The number of imidazole rings is 1. The predicted molar refractivity (Wildman–Crippen MR) is 94.1 cm³/mol. The first-order valence-corrected chi connectivity index (χ1v) is 8.26. The number of nitrogens with zero attached hydrogens (tertiary/aromatic N) is 5. The lowest BCUT2D eigenvalue weighted by Crippen LogP contribution is -2.27. The van der Waals surface area contributed by atoms with Crippen LogP contribution in [0.4, 0.5) is 0 Å². The third kappa shape index (κ3) is 3.21. The van der Waals surface area contributed by atoms with E-state index in [2.05, 4.69) is 20.5 Å². The van der Waals surface area contributed by atoms with Gasteiger partial charge in [-0.15, -0.1) is 10.2 Å². The van der Waals surface area contributed by atoms with Gasteiger partial charge >= 0.3 is 0 Å². The molecule has 4 rings (SSSR count). The van der Waals surface area contributed by atoms with Crippen LogP contribution in [0.3, 0.4) is 0 Å². The quantitative estimate of drug-likeness (QED) is 0.583. The Morgan fingerprint density at radius 3 is 2.92 bits per heavy atom. The van der Waals surface area contributed by atoms with Gasteiger partial charge in [-0.3, -0.25) is 9.20 Å². The third-order valence-corrected chi connectivity index (χ3v) is 4.16. The van der Waals surface area contributed by atoms with Crippen LogP contribution in [0.25, 0.3) is 16.7 Å². The van der Waals surface area contributed by atoms with Crippen molar-refractivity contribution < 1.29 is 4.79 Å². The molecular formula is C18H18N6O. The lowest BCUT2D eigenvalue weighted by molar-refractivity contribution is -0.121. The Bertz CT molecular complexity index is 1020. The van der Waals surface area contributed by atoms with Crippen molar-refractivity contribution in [2.45, 2.75) is 19.4 Å². The van der Waals surface area contributed by atoms with Gasteiger partial charge in [0.15, 0.2) is 5.65 Å². The SMILES string of the molecule is O=C(CCn1cnc2ccccc21)NCCc1nnc2ccccn12. The van der Waals surface area contributed by atoms with Crippen LogP contribution in [0.15, 0.2) is 55.0 Å². The molecule has 126 valence electrons. The molecule has 0 aliphatic carbocycles. The summed E-state index contributed by atoms with van der Waals surface area (Å²) in [5, 5.41) is 11.2. The third-order valence-electron chi connectivity index (χ3n) is 4.16. The highest BCUT2D eigenvalue weighted by atomic mass is 16.1. The lowest BCUT2D eigenvalue weighted by atomic mass is 10.3. The van der Waals surface area contributed by atoms with Gasteiger partial charge in [0.2, 0.25) is 5.91 Å². The number of benzene rings is 1. The molecule has 0 saturated heterocycles. The van der Waals surface area contributed by atoms with E-state index in [0.29, 0.717) is 25.9 Å². The van der Waals surface area contributed by atoms with Gasteiger partial charge in [-0.05, 0) is 24.3 Å². The summed E-state index contributed by atoms with van der Waals surface area (Å²) >= 11 is 0. The summed E-state index contributed by atoms with van der Waals surface area (Å²) in [5.41, 5.74) is 2.81. The minimum absolute atomic E-state index is 0.0200. The second kappa shape index (κ2) is 6.72. The second-order valence-corrected chi connectivity index (χ2v) is 5.82. The Hall–Kier alpha value is -3.22. The van der Waals surface area contributed by atoms with Crippen molar-refractivity contribution in [2.75, 3.05) is 6.54 Å². The first kappa shape index (κ1) is 15.3. The lowest BCUT2D eigenvalue weighted by Gasteiger charge is -2.06. The molecule has 0 radical (unpaired) electrons. The maximum Gasteiger partial charge on any atom is 0.221 e. The van der Waals surface area contributed by atoms with Crippen LogP contribution in [0, 0.1) is 0 Å². The van der Waals surface area contributed by atoms with Crippen LogP contribution in [0.1, 0.15) is 12.2 Å². The zero-order chi connectivity index (χ0) is 17.1. The standard InChI is InChI=1S/C18H18N6O/c25-18(9-12-23-13-20-14-5-1-2-6-15(14)23)19-10-8-17-22-21-16-7-3-4-11-24(16)17/h1-7,11,13H,8-10,12H2,(H,19,25). The number of para-hydroxylation sites is 2. The van der Waals surface area contributed by atoms with E-state index < -0.39 is 0 Å². The van der Waals surface area contributed by atoms with Gasteiger partial charge in [-0.1, -0.05) is 18.2 Å². The molecule has 0 aliphatic heterocycles. The van der Waals surface area contributed by atoms with E-state index in [1.807, 2.05) is 57.6 Å². The van der Waals surface area contributed by atoms with Gasteiger partial charge in [0.05, 0.1) is 17.4 Å². The maximum atomic E-state index is 12.1. The number of hydrogen-bond acceptors (Lipinski definition) is 4. The van der Waals surface area contributed by atoms with Crippen molar-refractivity contribution in [1.82, 2.24) is 29.5 Å². The monoisotopic (exact) mass is 334 g/mol. The van der Waals surface area contributed by atoms with Gasteiger partial charge < -0.3 is 9.88 Å². The number of carbonyl (C=O) groups excluding carboxylic acids is 1. The highest BCUT2D eigenvalue weighted by Gasteiger charge is 2.07. The average Bonchev–Trinajstić information content (AvgIpc) is 3.24. The van der Waals surface area contributed by atoms with E-state index in [1.165, 1.54) is 0 Å². The zero-order valence-electron chi connectivity index (χ0n) is 13.7. The van der Waals surface area contributed by atoms with Crippen molar-refractivity contribution in [3.05, 3.63) is 60.8 Å². The van der Waals surface area contributed by atoms with E-state index in [1.54, 1.807) is 6.33 Å². The molecule has 3 heterocycles.